The van der Waals surface area contributed by atoms with Crippen molar-refractivity contribution >= 4 is 11.5 Å². The van der Waals surface area contributed by atoms with E-state index in [0.29, 0.717) is 12.0 Å². The number of nitrogens with one attached hydrogen (secondary N) is 1. The Bertz CT molecular complexity index is 1280. The maximum absolute atomic E-state index is 5.70. The van der Waals surface area contributed by atoms with Gasteiger partial charge in [-0.15, -0.1) is 0 Å². The third-order valence-electron chi connectivity index (χ3n) is 8.72. The van der Waals surface area contributed by atoms with Crippen molar-refractivity contribution in [2.75, 3.05) is 44.9 Å². The number of benzene rings is 1. The van der Waals surface area contributed by atoms with Crippen LogP contribution in [0.25, 0.3) is 11.1 Å². The van der Waals surface area contributed by atoms with Crippen LogP contribution in [0.15, 0.2) is 24.5 Å². The largest absolute Gasteiger partial charge is 0.381 e. The Balaban J connectivity index is 1.33. The summed E-state index contributed by atoms with van der Waals surface area (Å²) in [5.41, 5.74) is 9.84. The molecule has 2 aromatic heterocycles. The molecule has 8 nitrogen and oxygen atoms in total. The first-order valence-corrected chi connectivity index (χ1v) is 14.2. The zero-order valence-electron chi connectivity index (χ0n) is 22.2. The topological polar surface area (TPSA) is 63.4 Å². The standard InChI is InChI=1S/C29H39N7O/c1-30-19-34-11-7-27-26(18-34)29(32-36(27)23-8-12-37-13-9-23)35-10-3-4-21-14-24(22-16-31-33(2)17-22)25(15-28(21)35)20-5-6-20/h14-17,20,23,30H,3-13,18-19H2,1-2H3. The predicted molar refractivity (Wildman–Crippen MR) is 145 cm³/mol. The van der Waals surface area contributed by atoms with Gasteiger partial charge in [-0.1, -0.05) is 0 Å². The van der Waals surface area contributed by atoms with Crippen LogP contribution in [0.3, 0.4) is 0 Å². The molecule has 1 aromatic carbocycles. The lowest BCUT2D eigenvalue weighted by molar-refractivity contribution is 0.0650. The number of fused-ring (bicyclic) bond motifs is 2. The minimum atomic E-state index is 0.450. The highest BCUT2D eigenvalue weighted by Gasteiger charge is 2.34. The van der Waals surface area contributed by atoms with Crippen LogP contribution in [0.4, 0.5) is 11.5 Å². The summed E-state index contributed by atoms with van der Waals surface area (Å²) in [4.78, 5) is 5.09. The summed E-state index contributed by atoms with van der Waals surface area (Å²) < 4.78 is 10.0. The molecule has 0 atom stereocenters. The molecule has 37 heavy (non-hydrogen) atoms. The molecule has 7 rings (SSSR count). The number of hydrogen-bond donors (Lipinski definition) is 1. The van der Waals surface area contributed by atoms with Crippen molar-refractivity contribution < 1.29 is 4.74 Å². The Morgan fingerprint density at radius 3 is 2.70 bits per heavy atom. The predicted octanol–water partition coefficient (Wildman–Crippen LogP) is 4.13. The van der Waals surface area contributed by atoms with E-state index in [1.807, 2.05) is 25.0 Å². The summed E-state index contributed by atoms with van der Waals surface area (Å²) in [6.45, 7) is 5.68. The molecule has 3 aliphatic heterocycles. The minimum absolute atomic E-state index is 0.450. The maximum Gasteiger partial charge on any atom is 0.159 e. The van der Waals surface area contributed by atoms with Gasteiger partial charge in [0.1, 0.15) is 0 Å². The lowest BCUT2D eigenvalue weighted by Crippen LogP contribution is -2.37. The molecular formula is C29H39N7O. The van der Waals surface area contributed by atoms with Gasteiger partial charge in [0.15, 0.2) is 5.82 Å². The van der Waals surface area contributed by atoms with Crippen molar-refractivity contribution in [3.63, 3.8) is 0 Å². The summed E-state index contributed by atoms with van der Waals surface area (Å²) in [6, 6.07) is 5.44. The van der Waals surface area contributed by atoms with Crippen LogP contribution >= 0.6 is 0 Å². The molecule has 0 radical (unpaired) electrons. The Hall–Kier alpha value is -2.68. The van der Waals surface area contributed by atoms with Gasteiger partial charge in [0.25, 0.3) is 0 Å². The summed E-state index contributed by atoms with van der Waals surface area (Å²) in [5.74, 6) is 1.86. The quantitative estimate of drug-likeness (QED) is 0.548. The second-order valence-corrected chi connectivity index (χ2v) is 11.4. The van der Waals surface area contributed by atoms with E-state index in [0.717, 1.165) is 71.6 Å². The lowest BCUT2D eigenvalue weighted by Gasteiger charge is -2.33. The molecule has 1 aliphatic carbocycles. The van der Waals surface area contributed by atoms with E-state index >= 15 is 0 Å². The van der Waals surface area contributed by atoms with E-state index in [9.17, 15) is 0 Å². The summed E-state index contributed by atoms with van der Waals surface area (Å²) in [7, 11) is 4.05. The first-order chi connectivity index (χ1) is 18.2. The van der Waals surface area contributed by atoms with Gasteiger partial charge >= 0.3 is 0 Å². The van der Waals surface area contributed by atoms with Crippen LogP contribution in [0.1, 0.15) is 66.4 Å². The molecule has 3 aromatic rings. The first-order valence-electron chi connectivity index (χ1n) is 14.2. The fraction of sp³-hybridized carbons (Fsp3) is 0.586. The smallest absolute Gasteiger partial charge is 0.159 e. The number of nitrogens with zero attached hydrogens (tertiary/aromatic N) is 6. The monoisotopic (exact) mass is 501 g/mol. The number of aryl methyl sites for hydroxylation is 2. The summed E-state index contributed by atoms with van der Waals surface area (Å²) in [6.07, 6.45) is 12.2. The van der Waals surface area contributed by atoms with Crippen LogP contribution in [0, 0.1) is 0 Å². The van der Waals surface area contributed by atoms with E-state index < -0.39 is 0 Å². The fourth-order valence-electron chi connectivity index (χ4n) is 6.70. The van der Waals surface area contributed by atoms with Crippen LogP contribution < -0.4 is 10.2 Å². The molecule has 0 spiro atoms. The molecule has 1 saturated carbocycles. The highest BCUT2D eigenvalue weighted by atomic mass is 16.5. The average molecular weight is 502 g/mol. The van der Waals surface area contributed by atoms with E-state index in [2.05, 4.69) is 43.2 Å². The molecule has 5 heterocycles. The van der Waals surface area contributed by atoms with E-state index in [4.69, 9.17) is 9.84 Å². The van der Waals surface area contributed by atoms with E-state index in [1.54, 1.807) is 0 Å². The Morgan fingerprint density at radius 1 is 1.08 bits per heavy atom. The van der Waals surface area contributed by atoms with E-state index in [-0.39, 0.29) is 0 Å². The van der Waals surface area contributed by atoms with Crippen LogP contribution in [0.5, 0.6) is 0 Å². The van der Waals surface area contributed by atoms with Gasteiger partial charge < -0.3 is 15.0 Å². The van der Waals surface area contributed by atoms with Crippen LogP contribution in [-0.4, -0.2) is 64.5 Å². The van der Waals surface area contributed by atoms with Gasteiger partial charge in [0, 0.05) is 81.7 Å². The molecule has 2 fully saturated rings. The van der Waals surface area contributed by atoms with Crippen molar-refractivity contribution in [2.24, 2.45) is 7.05 Å². The molecule has 1 saturated heterocycles. The third kappa shape index (κ3) is 4.29. The summed E-state index contributed by atoms with van der Waals surface area (Å²) >= 11 is 0. The lowest BCUT2D eigenvalue weighted by atomic mass is 9.91. The van der Waals surface area contributed by atoms with Crippen molar-refractivity contribution in [1.82, 2.24) is 29.8 Å². The average Bonchev–Trinajstić information content (AvgIpc) is 3.58. The second-order valence-electron chi connectivity index (χ2n) is 11.4. The Kier molecular flexibility index (Phi) is 6.06. The Morgan fingerprint density at radius 2 is 1.95 bits per heavy atom. The zero-order valence-corrected chi connectivity index (χ0v) is 22.2. The number of anilines is 2. The molecule has 1 N–H and O–H groups in total. The number of rotatable bonds is 6. The zero-order chi connectivity index (χ0) is 24.9. The SMILES string of the molecule is CNCN1CCc2c(c(N3CCCc4cc(-c5cnn(C)c5)c(C5CC5)cc43)nn2C2CCOCC2)C1. The molecule has 8 heteroatoms. The molecule has 196 valence electrons. The Labute approximate surface area is 219 Å². The van der Waals surface area contributed by atoms with Crippen LogP contribution in [-0.2, 0) is 31.2 Å². The normalized spacial score (nSPS) is 20.8. The van der Waals surface area contributed by atoms with Gasteiger partial charge in [-0.3, -0.25) is 14.3 Å². The van der Waals surface area contributed by atoms with Crippen molar-refractivity contribution in [2.45, 2.75) is 63.5 Å². The fourth-order valence-corrected chi connectivity index (χ4v) is 6.70. The summed E-state index contributed by atoms with van der Waals surface area (Å²) in [5, 5.41) is 13.3. The maximum atomic E-state index is 5.70. The van der Waals surface area contributed by atoms with E-state index in [1.165, 1.54) is 57.9 Å². The van der Waals surface area contributed by atoms with Crippen LogP contribution in [0.2, 0.25) is 0 Å². The third-order valence-corrected chi connectivity index (χ3v) is 8.72. The van der Waals surface area contributed by atoms with Crippen molar-refractivity contribution in [1.29, 1.82) is 0 Å². The minimum Gasteiger partial charge on any atom is -0.381 e. The molecule has 0 bridgehead atoms. The highest BCUT2D eigenvalue weighted by Crippen LogP contribution is 2.48. The molecule has 4 aliphatic rings. The van der Waals surface area contributed by atoms with Gasteiger partial charge in [-0.2, -0.15) is 10.2 Å². The first kappa shape index (κ1) is 23.4. The van der Waals surface area contributed by atoms with Gasteiger partial charge in [-0.25, -0.2) is 0 Å². The molecule has 0 amide bonds. The van der Waals surface area contributed by atoms with Gasteiger partial charge in [0.2, 0.25) is 0 Å². The number of hydrogen-bond acceptors (Lipinski definition) is 6. The molecular weight excluding hydrogens is 462 g/mol. The number of aromatic nitrogens is 4. The second kappa shape index (κ2) is 9.57. The van der Waals surface area contributed by atoms with Gasteiger partial charge in [0.05, 0.1) is 12.2 Å². The highest BCUT2D eigenvalue weighted by molar-refractivity contribution is 5.77. The van der Waals surface area contributed by atoms with Crippen molar-refractivity contribution in [3.8, 4) is 11.1 Å². The van der Waals surface area contributed by atoms with Crippen molar-refractivity contribution in [3.05, 3.63) is 46.9 Å². The van der Waals surface area contributed by atoms with Gasteiger partial charge in [-0.05, 0) is 80.3 Å². The number of ether oxygens (including phenoxy) is 1. The molecule has 0 unspecified atom stereocenters.